The Hall–Kier alpha value is -3.79. The van der Waals surface area contributed by atoms with E-state index in [9.17, 15) is 4.79 Å². The molecule has 0 spiro atoms. The fourth-order valence-corrected chi connectivity index (χ4v) is 3.38. The first-order chi connectivity index (χ1) is 14.3. The van der Waals surface area contributed by atoms with E-state index in [4.69, 9.17) is 14.2 Å². The van der Waals surface area contributed by atoms with Crippen molar-refractivity contribution in [1.29, 1.82) is 0 Å². The molecule has 0 bridgehead atoms. The number of Topliss-reactive ketones (excluding diaryl/α,β-unsaturated/α-hetero) is 1. The highest BCUT2D eigenvalue weighted by atomic mass is 16.5. The van der Waals surface area contributed by atoms with Gasteiger partial charge in [0, 0.05) is 11.6 Å². The molecular weight excluding hydrogens is 364 g/mol. The quantitative estimate of drug-likeness (QED) is 0.582. The summed E-state index contributed by atoms with van der Waals surface area (Å²) in [6.45, 7) is 0.860. The molecule has 0 radical (unpaired) electrons. The minimum Gasteiger partial charge on any atom is -0.489 e. The molecule has 2 aliphatic heterocycles. The van der Waals surface area contributed by atoms with E-state index in [0.29, 0.717) is 36.0 Å². The van der Waals surface area contributed by atoms with Crippen LogP contribution in [0.2, 0.25) is 0 Å². The van der Waals surface area contributed by atoms with Crippen LogP contribution < -0.4 is 14.2 Å². The van der Waals surface area contributed by atoms with E-state index in [0.717, 1.165) is 22.4 Å². The summed E-state index contributed by atoms with van der Waals surface area (Å²) in [4.78, 5) is 12.7. The Kier molecular flexibility index (Phi) is 4.37. The summed E-state index contributed by atoms with van der Waals surface area (Å²) >= 11 is 0. The molecule has 5 rings (SSSR count). The molecule has 0 saturated heterocycles. The van der Waals surface area contributed by atoms with Crippen LogP contribution in [0.5, 0.6) is 17.2 Å². The van der Waals surface area contributed by atoms with Crippen LogP contribution in [0.15, 0.2) is 90.2 Å². The van der Waals surface area contributed by atoms with Crippen molar-refractivity contribution in [1.82, 2.24) is 0 Å². The fourth-order valence-electron chi connectivity index (χ4n) is 3.38. The Morgan fingerprint density at radius 3 is 2.66 bits per heavy atom. The number of benzene rings is 3. The van der Waals surface area contributed by atoms with Gasteiger partial charge in [0.1, 0.15) is 30.5 Å². The SMILES string of the molecule is O=C1/C(=C/C2=Cc3ccccc3OC2)Oc2cc(OCc3ccccc3)ccc21. The van der Waals surface area contributed by atoms with Crippen LogP contribution in [-0.4, -0.2) is 12.4 Å². The molecule has 142 valence electrons. The highest BCUT2D eigenvalue weighted by Crippen LogP contribution is 2.35. The highest BCUT2D eigenvalue weighted by molar-refractivity contribution is 6.12. The third-order valence-corrected chi connectivity index (χ3v) is 4.86. The fraction of sp³-hybridized carbons (Fsp3) is 0.0800. The maximum atomic E-state index is 12.7. The number of ketones is 1. The Morgan fingerprint density at radius 1 is 0.931 bits per heavy atom. The minimum absolute atomic E-state index is 0.130. The van der Waals surface area contributed by atoms with Crippen molar-refractivity contribution in [2.24, 2.45) is 0 Å². The molecule has 0 atom stereocenters. The number of hydrogen-bond acceptors (Lipinski definition) is 4. The molecule has 0 saturated carbocycles. The summed E-state index contributed by atoms with van der Waals surface area (Å²) in [6, 6.07) is 23.0. The van der Waals surface area contributed by atoms with Gasteiger partial charge in [-0.25, -0.2) is 0 Å². The Balaban J connectivity index is 1.34. The van der Waals surface area contributed by atoms with E-state index in [1.165, 1.54) is 0 Å². The third-order valence-electron chi connectivity index (χ3n) is 4.86. The Bertz CT molecular complexity index is 1140. The van der Waals surface area contributed by atoms with Gasteiger partial charge in [-0.1, -0.05) is 48.5 Å². The smallest absolute Gasteiger partial charge is 0.231 e. The second-order valence-corrected chi connectivity index (χ2v) is 6.92. The topological polar surface area (TPSA) is 44.8 Å². The number of rotatable bonds is 4. The number of fused-ring (bicyclic) bond motifs is 2. The lowest BCUT2D eigenvalue weighted by molar-refractivity contribution is 0.101. The van der Waals surface area contributed by atoms with Crippen molar-refractivity contribution in [3.8, 4) is 17.2 Å². The number of allylic oxidation sites excluding steroid dienone is 1. The van der Waals surface area contributed by atoms with Crippen LogP contribution >= 0.6 is 0 Å². The lowest BCUT2D eigenvalue weighted by Crippen LogP contribution is -2.08. The average molecular weight is 382 g/mol. The predicted octanol–water partition coefficient (Wildman–Crippen LogP) is 5.20. The van der Waals surface area contributed by atoms with E-state index in [2.05, 4.69) is 0 Å². The molecule has 29 heavy (non-hydrogen) atoms. The molecule has 0 aromatic heterocycles. The molecule has 0 unspecified atom stereocenters. The largest absolute Gasteiger partial charge is 0.489 e. The molecule has 2 heterocycles. The number of para-hydroxylation sites is 1. The first-order valence-corrected chi connectivity index (χ1v) is 9.44. The maximum absolute atomic E-state index is 12.7. The van der Waals surface area contributed by atoms with Crippen molar-refractivity contribution < 1.29 is 19.0 Å². The van der Waals surface area contributed by atoms with Gasteiger partial charge in [-0.05, 0) is 41.5 Å². The van der Waals surface area contributed by atoms with Crippen LogP contribution in [-0.2, 0) is 6.61 Å². The molecule has 0 N–H and O–H groups in total. The van der Waals surface area contributed by atoms with Gasteiger partial charge in [0.25, 0.3) is 0 Å². The van der Waals surface area contributed by atoms with Crippen LogP contribution in [0.3, 0.4) is 0 Å². The van der Waals surface area contributed by atoms with Crippen molar-refractivity contribution in [2.45, 2.75) is 6.61 Å². The monoisotopic (exact) mass is 382 g/mol. The van der Waals surface area contributed by atoms with Gasteiger partial charge in [0.15, 0.2) is 5.76 Å². The number of ether oxygens (including phenoxy) is 3. The summed E-state index contributed by atoms with van der Waals surface area (Å²) in [7, 11) is 0. The summed E-state index contributed by atoms with van der Waals surface area (Å²) in [5.74, 6) is 2.20. The van der Waals surface area contributed by atoms with Crippen molar-refractivity contribution in [3.05, 3.63) is 107 Å². The lowest BCUT2D eigenvalue weighted by Gasteiger charge is -2.15. The zero-order valence-electron chi connectivity index (χ0n) is 15.6. The molecule has 4 heteroatoms. The molecule has 0 aliphatic carbocycles. The lowest BCUT2D eigenvalue weighted by atomic mass is 10.1. The van der Waals surface area contributed by atoms with E-state index in [-0.39, 0.29) is 5.78 Å². The summed E-state index contributed by atoms with van der Waals surface area (Å²) < 4.78 is 17.4. The zero-order chi connectivity index (χ0) is 19.6. The average Bonchev–Trinajstić information content (AvgIpc) is 3.07. The molecule has 3 aromatic rings. The van der Waals surface area contributed by atoms with E-state index < -0.39 is 0 Å². The van der Waals surface area contributed by atoms with Gasteiger partial charge in [0.05, 0.1) is 5.56 Å². The molecule has 0 fully saturated rings. The summed E-state index contributed by atoms with van der Waals surface area (Å²) in [5.41, 5.74) is 3.50. The van der Waals surface area contributed by atoms with Crippen molar-refractivity contribution in [2.75, 3.05) is 6.61 Å². The maximum Gasteiger partial charge on any atom is 0.231 e. The van der Waals surface area contributed by atoms with Gasteiger partial charge in [-0.2, -0.15) is 0 Å². The van der Waals surface area contributed by atoms with Gasteiger partial charge in [-0.3, -0.25) is 4.79 Å². The first kappa shape index (κ1) is 17.3. The van der Waals surface area contributed by atoms with E-state index >= 15 is 0 Å². The van der Waals surface area contributed by atoms with E-state index in [1.54, 1.807) is 24.3 Å². The molecule has 0 amide bonds. The van der Waals surface area contributed by atoms with Gasteiger partial charge < -0.3 is 14.2 Å². The van der Waals surface area contributed by atoms with Gasteiger partial charge >= 0.3 is 0 Å². The summed E-state index contributed by atoms with van der Waals surface area (Å²) in [6.07, 6.45) is 3.77. The number of carbonyl (C=O) groups excluding carboxylic acids is 1. The second-order valence-electron chi connectivity index (χ2n) is 6.92. The predicted molar refractivity (Wildman–Crippen MR) is 110 cm³/mol. The van der Waals surface area contributed by atoms with Crippen molar-refractivity contribution >= 4 is 11.9 Å². The summed E-state index contributed by atoms with van der Waals surface area (Å²) in [5, 5.41) is 0. The van der Waals surface area contributed by atoms with Crippen LogP contribution in [0, 0.1) is 0 Å². The zero-order valence-corrected chi connectivity index (χ0v) is 15.6. The van der Waals surface area contributed by atoms with E-state index in [1.807, 2.05) is 60.7 Å². The second kappa shape index (κ2) is 7.32. The minimum atomic E-state index is -0.130. The molecule has 4 nitrogen and oxygen atoms in total. The van der Waals surface area contributed by atoms with Gasteiger partial charge in [-0.15, -0.1) is 0 Å². The molecular formula is C25H18O4. The van der Waals surface area contributed by atoms with Gasteiger partial charge in [0.2, 0.25) is 5.78 Å². The Morgan fingerprint density at radius 2 is 1.76 bits per heavy atom. The molecule has 2 aliphatic rings. The van der Waals surface area contributed by atoms with Crippen molar-refractivity contribution in [3.63, 3.8) is 0 Å². The third kappa shape index (κ3) is 3.52. The normalized spacial score (nSPS) is 15.8. The Labute approximate surface area is 168 Å². The standard InChI is InChI=1S/C25H18O4/c26-25-21-11-10-20(27-15-17-6-2-1-3-7-17)14-23(21)29-24(25)13-18-12-19-8-4-5-9-22(19)28-16-18/h1-14H,15-16H2/b24-13-. The highest BCUT2D eigenvalue weighted by Gasteiger charge is 2.28. The molecule has 3 aromatic carbocycles. The van der Waals surface area contributed by atoms with Crippen LogP contribution in [0.1, 0.15) is 21.5 Å². The number of carbonyl (C=O) groups is 1. The van der Waals surface area contributed by atoms with Crippen LogP contribution in [0.4, 0.5) is 0 Å². The first-order valence-electron chi connectivity index (χ1n) is 9.44. The number of hydrogen-bond donors (Lipinski definition) is 0. The van der Waals surface area contributed by atoms with Crippen LogP contribution in [0.25, 0.3) is 6.08 Å².